The third-order valence-electron chi connectivity index (χ3n) is 2.92. The first-order valence-corrected chi connectivity index (χ1v) is 6.40. The Hall–Kier alpha value is -1.23. The molecule has 0 saturated carbocycles. The first-order valence-electron chi connectivity index (χ1n) is 6.40. The van der Waals surface area contributed by atoms with Crippen molar-refractivity contribution in [1.82, 2.24) is 5.32 Å². The third kappa shape index (κ3) is 5.51. The molecule has 2 nitrogen and oxygen atoms in total. The quantitative estimate of drug-likeness (QED) is 0.821. The van der Waals surface area contributed by atoms with Crippen molar-refractivity contribution in [2.45, 2.75) is 38.4 Å². The summed E-state index contributed by atoms with van der Waals surface area (Å²) in [6.07, 6.45) is -3.06. The molecule has 1 atom stereocenters. The molecule has 0 fully saturated rings. The number of hydrogen-bond donors (Lipinski definition) is 1. The Bertz CT molecular complexity index is 362. The number of halogens is 3. The van der Waals surface area contributed by atoms with Crippen molar-refractivity contribution in [1.29, 1.82) is 0 Å². The highest BCUT2D eigenvalue weighted by molar-refractivity contribution is 5.27. The molecule has 0 amide bonds. The van der Waals surface area contributed by atoms with Crippen molar-refractivity contribution in [3.8, 4) is 5.75 Å². The Labute approximate surface area is 112 Å². The zero-order valence-electron chi connectivity index (χ0n) is 11.3. The molecule has 0 aromatic heterocycles. The molecule has 19 heavy (non-hydrogen) atoms. The van der Waals surface area contributed by atoms with E-state index in [1.807, 2.05) is 6.92 Å². The van der Waals surface area contributed by atoms with Crippen LogP contribution in [0.4, 0.5) is 13.2 Å². The van der Waals surface area contributed by atoms with E-state index < -0.39 is 12.2 Å². The average Bonchev–Trinajstić information content (AvgIpc) is 2.38. The molecule has 1 aromatic carbocycles. The number of methoxy groups -OCH3 is 1. The Morgan fingerprint density at radius 2 is 1.84 bits per heavy atom. The van der Waals surface area contributed by atoms with E-state index in [0.29, 0.717) is 25.1 Å². The summed E-state index contributed by atoms with van der Waals surface area (Å²) in [5.74, 6) is 0.709. The number of alkyl halides is 3. The van der Waals surface area contributed by atoms with Crippen molar-refractivity contribution in [3.63, 3.8) is 0 Å². The highest BCUT2D eigenvalue weighted by Gasteiger charge is 2.38. The van der Waals surface area contributed by atoms with Gasteiger partial charge in [0, 0.05) is 0 Å². The second-order valence-corrected chi connectivity index (χ2v) is 4.44. The van der Waals surface area contributed by atoms with Gasteiger partial charge < -0.3 is 10.1 Å². The topological polar surface area (TPSA) is 21.3 Å². The number of hydrogen-bond acceptors (Lipinski definition) is 2. The van der Waals surface area contributed by atoms with Gasteiger partial charge in [0.15, 0.2) is 0 Å². The lowest BCUT2D eigenvalue weighted by atomic mass is 10.0. The molecule has 1 N–H and O–H groups in total. The molecule has 1 rings (SSSR count). The first kappa shape index (κ1) is 15.8. The maximum absolute atomic E-state index is 12.8. The third-order valence-corrected chi connectivity index (χ3v) is 2.92. The fourth-order valence-electron chi connectivity index (χ4n) is 1.80. The molecule has 108 valence electrons. The van der Waals surface area contributed by atoms with Crippen molar-refractivity contribution in [2.75, 3.05) is 13.7 Å². The second kappa shape index (κ2) is 7.38. The maximum Gasteiger partial charge on any atom is 0.403 e. The summed E-state index contributed by atoms with van der Waals surface area (Å²) in [6.45, 7) is 2.23. The molecular weight excluding hydrogens is 255 g/mol. The SMILES string of the molecule is CCCNC(CCc1ccc(OC)cc1)C(F)(F)F. The Morgan fingerprint density at radius 1 is 1.21 bits per heavy atom. The Morgan fingerprint density at radius 3 is 2.32 bits per heavy atom. The van der Waals surface area contributed by atoms with E-state index in [9.17, 15) is 13.2 Å². The van der Waals surface area contributed by atoms with Gasteiger partial charge >= 0.3 is 6.18 Å². The van der Waals surface area contributed by atoms with Crippen LogP contribution in [0.5, 0.6) is 5.75 Å². The van der Waals surface area contributed by atoms with Crippen molar-refractivity contribution < 1.29 is 17.9 Å². The van der Waals surface area contributed by atoms with Gasteiger partial charge in [0.2, 0.25) is 0 Å². The van der Waals surface area contributed by atoms with Crippen molar-refractivity contribution >= 4 is 0 Å². The summed E-state index contributed by atoms with van der Waals surface area (Å²) in [5.41, 5.74) is 0.883. The van der Waals surface area contributed by atoms with Crippen molar-refractivity contribution in [2.24, 2.45) is 0 Å². The van der Waals surface area contributed by atoms with Crippen LogP contribution in [-0.4, -0.2) is 25.9 Å². The largest absolute Gasteiger partial charge is 0.497 e. The normalized spacial score (nSPS) is 13.3. The van der Waals surface area contributed by atoms with Crippen LogP contribution >= 0.6 is 0 Å². The Balaban J connectivity index is 2.54. The molecule has 0 heterocycles. The standard InChI is InChI=1S/C14H20F3NO/c1-3-10-18-13(14(15,16)17)9-6-11-4-7-12(19-2)8-5-11/h4-5,7-8,13,18H,3,6,9-10H2,1-2H3. The van der Waals surface area contributed by atoms with Crippen LogP contribution < -0.4 is 10.1 Å². The fourth-order valence-corrected chi connectivity index (χ4v) is 1.80. The zero-order valence-corrected chi connectivity index (χ0v) is 11.3. The second-order valence-electron chi connectivity index (χ2n) is 4.44. The van der Waals surface area contributed by atoms with Gasteiger partial charge in [-0.1, -0.05) is 19.1 Å². The summed E-state index contributed by atoms with van der Waals surface area (Å²) in [5, 5.41) is 2.55. The molecular formula is C14H20F3NO. The number of benzene rings is 1. The lowest BCUT2D eigenvalue weighted by Crippen LogP contribution is -2.42. The molecule has 0 bridgehead atoms. The van der Waals surface area contributed by atoms with Gasteiger partial charge in [-0.25, -0.2) is 0 Å². The zero-order chi connectivity index (χ0) is 14.3. The van der Waals surface area contributed by atoms with Crippen LogP contribution in [0, 0.1) is 0 Å². The predicted octanol–water partition coefficient (Wildman–Crippen LogP) is 3.56. The van der Waals surface area contributed by atoms with Crippen LogP contribution in [0.1, 0.15) is 25.3 Å². The lowest BCUT2D eigenvalue weighted by molar-refractivity contribution is -0.157. The number of rotatable bonds is 7. The number of nitrogens with one attached hydrogen (secondary N) is 1. The van der Waals surface area contributed by atoms with Gasteiger partial charge in [0.25, 0.3) is 0 Å². The monoisotopic (exact) mass is 275 g/mol. The highest BCUT2D eigenvalue weighted by atomic mass is 19.4. The van der Waals surface area contributed by atoms with Gasteiger partial charge in [-0.15, -0.1) is 0 Å². The molecule has 0 aliphatic carbocycles. The van der Waals surface area contributed by atoms with Gasteiger partial charge in [0.1, 0.15) is 11.8 Å². The molecule has 0 aliphatic heterocycles. The molecule has 0 spiro atoms. The van der Waals surface area contributed by atoms with Gasteiger partial charge in [-0.05, 0) is 43.5 Å². The number of ether oxygens (including phenoxy) is 1. The minimum Gasteiger partial charge on any atom is -0.497 e. The van der Waals surface area contributed by atoms with Gasteiger partial charge in [0.05, 0.1) is 7.11 Å². The van der Waals surface area contributed by atoms with Crippen LogP contribution in [-0.2, 0) is 6.42 Å². The van der Waals surface area contributed by atoms with E-state index in [2.05, 4.69) is 5.32 Å². The lowest BCUT2D eigenvalue weighted by Gasteiger charge is -2.21. The van der Waals surface area contributed by atoms with Crippen molar-refractivity contribution in [3.05, 3.63) is 29.8 Å². The molecule has 1 aromatic rings. The van der Waals surface area contributed by atoms with E-state index in [4.69, 9.17) is 4.74 Å². The van der Waals surface area contributed by atoms with Gasteiger partial charge in [-0.2, -0.15) is 13.2 Å². The van der Waals surface area contributed by atoms with Gasteiger partial charge in [-0.3, -0.25) is 0 Å². The van der Waals surface area contributed by atoms with Crippen LogP contribution in [0.15, 0.2) is 24.3 Å². The summed E-state index contributed by atoms with van der Waals surface area (Å²) in [6, 6.07) is 5.68. The summed E-state index contributed by atoms with van der Waals surface area (Å²) in [4.78, 5) is 0. The molecule has 0 radical (unpaired) electrons. The van der Waals surface area contributed by atoms with E-state index >= 15 is 0 Å². The van der Waals surface area contributed by atoms with E-state index in [1.165, 1.54) is 0 Å². The van der Waals surface area contributed by atoms with E-state index in [-0.39, 0.29) is 6.42 Å². The fraction of sp³-hybridized carbons (Fsp3) is 0.571. The summed E-state index contributed by atoms with van der Waals surface area (Å²) in [7, 11) is 1.56. The summed E-state index contributed by atoms with van der Waals surface area (Å²) < 4.78 is 43.4. The minimum absolute atomic E-state index is 0.0514. The van der Waals surface area contributed by atoms with Crippen LogP contribution in [0.3, 0.4) is 0 Å². The molecule has 0 aliphatic rings. The van der Waals surface area contributed by atoms with Crippen LogP contribution in [0.25, 0.3) is 0 Å². The Kier molecular flexibility index (Phi) is 6.15. The molecule has 5 heteroatoms. The number of aryl methyl sites for hydroxylation is 1. The molecule has 1 unspecified atom stereocenters. The van der Waals surface area contributed by atoms with Crippen LogP contribution in [0.2, 0.25) is 0 Å². The highest BCUT2D eigenvalue weighted by Crippen LogP contribution is 2.24. The first-order chi connectivity index (χ1) is 8.97. The smallest absolute Gasteiger partial charge is 0.403 e. The van der Waals surface area contributed by atoms with E-state index in [0.717, 1.165) is 5.56 Å². The predicted molar refractivity (Wildman–Crippen MR) is 69.5 cm³/mol. The molecule has 0 saturated heterocycles. The minimum atomic E-state index is -4.19. The van der Waals surface area contributed by atoms with E-state index in [1.54, 1.807) is 31.4 Å². The maximum atomic E-state index is 12.8. The average molecular weight is 275 g/mol. The summed E-state index contributed by atoms with van der Waals surface area (Å²) >= 11 is 0.